The number of amides is 2. The lowest BCUT2D eigenvalue weighted by atomic mass is 10.1. The van der Waals surface area contributed by atoms with Crippen LogP contribution in [0.25, 0.3) is 0 Å². The highest BCUT2D eigenvalue weighted by Gasteiger charge is 2.21. The molecule has 0 bridgehead atoms. The number of benzene rings is 1. The van der Waals surface area contributed by atoms with Gasteiger partial charge in [-0.2, -0.15) is 0 Å². The van der Waals surface area contributed by atoms with E-state index in [-0.39, 0.29) is 11.8 Å². The van der Waals surface area contributed by atoms with E-state index >= 15 is 0 Å². The maximum Gasteiger partial charge on any atom is 0.265 e. The minimum atomic E-state index is -0.0702. The zero-order valence-electron chi connectivity index (χ0n) is 13.7. The maximum atomic E-state index is 12.4. The SMILES string of the molecule is C[NH+]1CCN(NC(=O)c2cccc(CN3CCCC3=O)c2)CC1. The highest BCUT2D eigenvalue weighted by Crippen LogP contribution is 2.15. The van der Waals surface area contributed by atoms with Gasteiger partial charge in [-0.05, 0) is 24.1 Å². The quantitative estimate of drug-likeness (QED) is 0.771. The normalized spacial score (nSPS) is 20.0. The molecule has 2 saturated heterocycles. The van der Waals surface area contributed by atoms with E-state index in [4.69, 9.17) is 0 Å². The van der Waals surface area contributed by atoms with Crippen molar-refractivity contribution in [3.8, 4) is 0 Å². The van der Waals surface area contributed by atoms with Crippen molar-refractivity contribution in [2.24, 2.45) is 0 Å². The Kier molecular flexibility index (Phi) is 4.93. The van der Waals surface area contributed by atoms with Crippen LogP contribution in [0.2, 0.25) is 0 Å². The van der Waals surface area contributed by atoms with Crippen molar-refractivity contribution in [1.29, 1.82) is 0 Å². The molecule has 0 aliphatic carbocycles. The van der Waals surface area contributed by atoms with Crippen molar-refractivity contribution in [1.82, 2.24) is 15.3 Å². The molecule has 23 heavy (non-hydrogen) atoms. The molecule has 3 rings (SSSR count). The van der Waals surface area contributed by atoms with Gasteiger partial charge in [-0.1, -0.05) is 12.1 Å². The Bertz CT molecular complexity index is 582. The highest BCUT2D eigenvalue weighted by atomic mass is 16.2. The van der Waals surface area contributed by atoms with Crippen LogP contribution in [0.5, 0.6) is 0 Å². The number of quaternary nitrogens is 1. The molecule has 6 nitrogen and oxygen atoms in total. The first-order chi connectivity index (χ1) is 11.1. The molecule has 6 heteroatoms. The lowest BCUT2D eigenvalue weighted by Gasteiger charge is -2.30. The van der Waals surface area contributed by atoms with Crippen molar-refractivity contribution < 1.29 is 14.5 Å². The third-order valence-corrected chi connectivity index (χ3v) is 4.61. The van der Waals surface area contributed by atoms with Crippen LogP contribution in [0, 0.1) is 0 Å². The van der Waals surface area contributed by atoms with Crippen LogP contribution in [0.3, 0.4) is 0 Å². The number of likely N-dealkylation sites (tertiary alicyclic amines) is 1. The average Bonchev–Trinajstić information content (AvgIpc) is 2.95. The Balaban J connectivity index is 1.60. The fourth-order valence-corrected chi connectivity index (χ4v) is 3.11. The molecule has 1 aromatic rings. The van der Waals surface area contributed by atoms with E-state index in [1.807, 2.05) is 34.2 Å². The first-order valence-corrected chi connectivity index (χ1v) is 8.36. The lowest BCUT2D eigenvalue weighted by Crippen LogP contribution is -3.12. The summed E-state index contributed by atoms with van der Waals surface area (Å²) in [6, 6.07) is 7.58. The number of rotatable bonds is 4. The van der Waals surface area contributed by atoms with Crippen molar-refractivity contribution >= 4 is 11.8 Å². The van der Waals surface area contributed by atoms with E-state index in [0.29, 0.717) is 18.5 Å². The van der Waals surface area contributed by atoms with Gasteiger partial charge < -0.3 is 9.80 Å². The van der Waals surface area contributed by atoms with Gasteiger partial charge in [-0.3, -0.25) is 15.0 Å². The zero-order valence-corrected chi connectivity index (χ0v) is 13.7. The van der Waals surface area contributed by atoms with Crippen LogP contribution < -0.4 is 10.3 Å². The summed E-state index contributed by atoms with van der Waals surface area (Å²) in [6.07, 6.45) is 1.58. The molecule has 0 unspecified atom stereocenters. The highest BCUT2D eigenvalue weighted by molar-refractivity contribution is 5.94. The van der Waals surface area contributed by atoms with E-state index in [1.165, 1.54) is 4.90 Å². The van der Waals surface area contributed by atoms with Gasteiger partial charge in [-0.15, -0.1) is 0 Å². The minimum Gasteiger partial charge on any atom is -0.338 e. The number of piperazine rings is 1. The fourth-order valence-electron chi connectivity index (χ4n) is 3.11. The minimum absolute atomic E-state index is 0.0702. The Morgan fingerprint density at radius 3 is 2.74 bits per heavy atom. The molecule has 2 aliphatic rings. The third-order valence-electron chi connectivity index (χ3n) is 4.61. The lowest BCUT2D eigenvalue weighted by molar-refractivity contribution is -0.884. The Hall–Kier alpha value is -1.92. The number of hydrogen-bond donors (Lipinski definition) is 2. The van der Waals surface area contributed by atoms with E-state index in [9.17, 15) is 9.59 Å². The zero-order chi connectivity index (χ0) is 16.2. The Morgan fingerprint density at radius 2 is 2.04 bits per heavy atom. The standard InChI is InChI=1S/C17H24N4O2/c1-19-8-10-21(11-9-19)18-17(23)15-5-2-4-14(12-15)13-20-7-3-6-16(20)22/h2,4-5,12H,3,6-11,13H2,1H3,(H,18,23)/p+1. The largest absolute Gasteiger partial charge is 0.338 e. The van der Waals surface area contributed by atoms with Gasteiger partial charge in [0.25, 0.3) is 5.91 Å². The second-order valence-corrected chi connectivity index (χ2v) is 6.50. The summed E-state index contributed by atoms with van der Waals surface area (Å²) in [7, 11) is 2.17. The van der Waals surface area contributed by atoms with E-state index < -0.39 is 0 Å². The molecule has 2 aliphatic heterocycles. The van der Waals surface area contributed by atoms with Gasteiger partial charge in [0.05, 0.1) is 33.2 Å². The molecule has 0 atom stereocenters. The number of nitrogens with zero attached hydrogens (tertiary/aromatic N) is 2. The molecule has 1 aromatic carbocycles. The molecular weight excluding hydrogens is 292 g/mol. The van der Waals surface area contributed by atoms with Crippen molar-refractivity contribution in [2.75, 3.05) is 39.8 Å². The van der Waals surface area contributed by atoms with Gasteiger partial charge in [0.1, 0.15) is 0 Å². The van der Waals surface area contributed by atoms with Gasteiger partial charge in [0.2, 0.25) is 5.91 Å². The smallest absolute Gasteiger partial charge is 0.265 e. The summed E-state index contributed by atoms with van der Waals surface area (Å²) >= 11 is 0. The van der Waals surface area contributed by atoms with E-state index in [1.54, 1.807) is 0 Å². The summed E-state index contributed by atoms with van der Waals surface area (Å²) in [6.45, 7) is 5.24. The summed E-state index contributed by atoms with van der Waals surface area (Å²) in [5.41, 5.74) is 4.65. The molecule has 0 spiro atoms. The van der Waals surface area contributed by atoms with Gasteiger partial charge >= 0.3 is 0 Å². The van der Waals surface area contributed by atoms with Crippen LogP contribution in [-0.4, -0.2) is 61.5 Å². The second kappa shape index (κ2) is 7.10. The predicted molar refractivity (Wildman–Crippen MR) is 86.8 cm³/mol. The topological polar surface area (TPSA) is 57.1 Å². The van der Waals surface area contributed by atoms with Gasteiger partial charge in [0.15, 0.2) is 0 Å². The first kappa shape index (κ1) is 16.0. The second-order valence-electron chi connectivity index (χ2n) is 6.50. The van der Waals surface area contributed by atoms with Crippen LogP contribution in [0.4, 0.5) is 0 Å². The summed E-state index contributed by atoms with van der Waals surface area (Å²) in [4.78, 5) is 27.5. The number of hydrogen-bond acceptors (Lipinski definition) is 3. The third kappa shape index (κ3) is 4.09. The molecule has 2 heterocycles. The molecule has 2 amide bonds. The molecule has 124 valence electrons. The van der Waals surface area contributed by atoms with Crippen LogP contribution in [-0.2, 0) is 11.3 Å². The number of carbonyl (C=O) groups excluding carboxylic acids is 2. The number of likely N-dealkylation sites (N-methyl/N-ethyl adjacent to an activating group) is 1. The van der Waals surface area contributed by atoms with Crippen LogP contribution in [0.1, 0.15) is 28.8 Å². The molecule has 0 aromatic heterocycles. The fraction of sp³-hybridized carbons (Fsp3) is 0.529. The molecule has 0 radical (unpaired) electrons. The van der Waals surface area contributed by atoms with Crippen LogP contribution in [0.15, 0.2) is 24.3 Å². The first-order valence-electron chi connectivity index (χ1n) is 8.36. The van der Waals surface area contributed by atoms with Crippen molar-refractivity contribution in [3.05, 3.63) is 35.4 Å². The average molecular weight is 317 g/mol. The predicted octanol–water partition coefficient (Wildman–Crippen LogP) is -0.716. The van der Waals surface area contributed by atoms with E-state index in [0.717, 1.165) is 44.7 Å². The maximum absolute atomic E-state index is 12.4. The van der Waals surface area contributed by atoms with E-state index in [2.05, 4.69) is 12.5 Å². The number of nitrogens with one attached hydrogen (secondary N) is 2. The number of hydrazine groups is 1. The molecule has 2 N–H and O–H groups in total. The molecule has 2 fully saturated rings. The van der Waals surface area contributed by atoms with Gasteiger partial charge in [-0.25, -0.2) is 5.01 Å². The Labute approximate surface area is 137 Å². The molecular formula is C17H25N4O2+. The number of carbonyl (C=O) groups is 2. The summed E-state index contributed by atoms with van der Waals surface area (Å²) < 4.78 is 0. The summed E-state index contributed by atoms with van der Waals surface area (Å²) in [5.74, 6) is 0.138. The van der Waals surface area contributed by atoms with Crippen LogP contribution >= 0.6 is 0 Å². The monoisotopic (exact) mass is 317 g/mol. The summed E-state index contributed by atoms with van der Waals surface area (Å²) in [5, 5.41) is 1.99. The van der Waals surface area contributed by atoms with Gasteiger partial charge in [0, 0.05) is 25.1 Å². The molecule has 0 saturated carbocycles. The van der Waals surface area contributed by atoms with Crippen molar-refractivity contribution in [3.63, 3.8) is 0 Å². The van der Waals surface area contributed by atoms with Crippen molar-refractivity contribution in [2.45, 2.75) is 19.4 Å². The Morgan fingerprint density at radius 1 is 1.26 bits per heavy atom.